The van der Waals surface area contributed by atoms with Crippen molar-refractivity contribution in [2.45, 2.75) is 52.0 Å². The van der Waals surface area contributed by atoms with Crippen molar-refractivity contribution >= 4 is 5.91 Å². The lowest BCUT2D eigenvalue weighted by Gasteiger charge is -2.23. The van der Waals surface area contributed by atoms with Crippen LogP contribution in [0.1, 0.15) is 57.8 Å². The van der Waals surface area contributed by atoms with Gasteiger partial charge in [-0.2, -0.15) is 5.10 Å². The molecule has 0 saturated carbocycles. The zero-order valence-electron chi connectivity index (χ0n) is 14.1. The van der Waals surface area contributed by atoms with Crippen molar-refractivity contribution in [1.82, 2.24) is 25.0 Å². The van der Waals surface area contributed by atoms with Gasteiger partial charge in [-0.15, -0.1) is 0 Å². The van der Waals surface area contributed by atoms with Crippen LogP contribution in [0.25, 0.3) is 0 Å². The van der Waals surface area contributed by atoms with E-state index in [1.807, 2.05) is 7.05 Å². The van der Waals surface area contributed by atoms with Crippen LogP contribution in [0.3, 0.4) is 0 Å². The molecule has 0 aliphatic carbocycles. The molecule has 1 aliphatic rings. The average Bonchev–Trinajstić information content (AvgIpc) is 2.70. The number of carbonyl (C=O) groups is 1. The molecule has 6 nitrogen and oxygen atoms in total. The summed E-state index contributed by atoms with van der Waals surface area (Å²) < 4.78 is 1.75. The highest BCUT2D eigenvalue weighted by Crippen LogP contribution is 2.19. The summed E-state index contributed by atoms with van der Waals surface area (Å²) in [6.07, 6.45) is 7.39. The third kappa shape index (κ3) is 5.09. The molecule has 1 N–H and O–H groups in total. The van der Waals surface area contributed by atoms with Crippen molar-refractivity contribution in [2.24, 2.45) is 13.0 Å². The van der Waals surface area contributed by atoms with Crippen LogP contribution in [-0.4, -0.2) is 45.2 Å². The van der Waals surface area contributed by atoms with E-state index in [1.54, 1.807) is 11.0 Å². The summed E-state index contributed by atoms with van der Waals surface area (Å²) in [4.78, 5) is 19.0. The molecule has 6 heteroatoms. The number of hydrogen-bond acceptors (Lipinski definition) is 4. The molecule has 124 valence electrons. The van der Waals surface area contributed by atoms with Crippen molar-refractivity contribution in [3.63, 3.8) is 0 Å². The maximum atomic E-state index is 12.4. The zero-order valence-corrected chi connectivity index (χ0v) is 14.1. The van der Waals surface area contributed by atoms with Crippen molar-refractivity contribution in [3.8, 4) is 0 Å². The Bertz CT molecular complexity index is 463. The second kappa shape index (κ2) is 8.27. The molecule has 1 aliphatic heterocycles. The van der Waals surface area contributed by atoms with Crippen LogP contribution < -0.4 is 5.32 Å². The first-order valence-electron chi connectivity index (χ1n) is 8.42. The van der Waals surface area contributed by atoms with E-state index in [4.69, 9.17) is 0 Å². The lowest BCUT2D eigenvalue weighted by atomic mass is 10.0. The Balaban J connectivity index is 1.94. The number of likely N-dealkylation sites (tertiary alicyclic amines) is 1. The highest BCUT2D eigenvalue weighted by Gasteiger charge is 2.21. The van der Waals surface area contributed by atoms with Crippen LogP contribution in [0.15, 0.2) is 6.33 Å². The third-order valence-electron chi connectivity index (χ3n) is 4.17. The standard InChI is InChI=1S/C16H29N5O/c1-13(2)10-14(16-17-12-18-20(16)3)19-15(22)11-21-8-6-4-5-7-9-21/h12-14H,4-11H2,1-3H3,(H,19,22)/t14-/m0/s1. The van der Waals surface area contributed by atoms with Crippen LogP contribution in [-0.2, 0) is 11.8 Å². The Morgan fingerprint density at radius 2 is 1.95 bits per heavy atom. The fraction of sp³-hybridized carbons (Fsp3) is 0.812. The largest absolute Gasteiger partial charge is 0.345 e. The molecule has 22 heavy (non-hydrogen) atoms. The number of aromatic nitrogens is 3. The lowest BCUT2D eigenvalue weighted by molar-refractivity contribution is -0.123. The Morgan fingerprint density at radius 1 is 1.27 bits per heavy atom. The van der Waals surface area contributed by atoms with Gasteiger partial charge in [0.25, 0.3) is 0 Å². The molecule has 0 radical (unpaired) electrons. The monoisotopic (exact) mass is 307 g/mol. The predicted molar refractivity (Wildman–Crippen MR) is 86.2 cm³/mol. The fourth-order valence-electron chi connectivity index (χ4n) is 3.06. The topological polar surface area (TPSA) is 63.1 Å². The summed E-state index contributed by atoms with van der Waals surface area (Å²) in [6.45, 7) is 6.87. The Morgan fingerprint density at radius 3 is 2.50 bits per heavy atom. The molecule has 1 aromatic heterocycles. The minimum atomic E-state index is -0.0630. The average molecular weight is 307 g/mol. The minimum Gasteiger partial charge on any atom is -0.345 e. The summed E-state index contributed by atoms with van der Waals surface area (Å²) in [5.74, 6) is 1.41. The van der Waals surface area contributed by atoms with Gasteiger partial charge < -0.3 is 5.32 Å². The summed E-state index contributed by atoms with van der Waals surface area (Å²) >= 11 is 0. The predicted octanol–water partition coefficient (Wildman–Crippen LogP) is 1.89. The van der Waals surface area contributed by atoms with Gasteiger partial charge in [0, 0.05) is 7.05 Å². The van der Waals surface area contributed by atoms with E-state index in [1.165, 1.54) is 25.7 Å². The van der Waals surface area contributed by atoms with Gasteiger partial charge in [-0.05, 0) is 38.3 Å². The van der Waals surface area contributed by atoms with Crippen molar-refractivity contribution in [1.29, 1.82) is 0 Å². The van der Waals surface area contributed by atoms with E-state index in [9.17, 15) is 4.79 Å². The molecule has 0 aromatic carbocycles. The first-order chi connectivity index (χ1) is 10.6. The summed E-state index contributed by atoms with van der Waals surface area (Å²) in [5, 5.41) is 7.28. The molecule has 0 spiro atoms. The number of amides is 1. The van der Waals surface area contributed by atoms with Crippen molar-refractivity contribution in [2.75, 3.05) is 19.6 Å². The molecule has 1 saturated heterocycles. The van der Waals surface area contributed by atoms with Gasteiger partial charge in [-0.3, -0.25) is 14.4 Å². The highest BCUT2D eigenvalue weighted by molar-refractivity contribution is 5.78. The fourth-order valence-corrected chi connectivity index (χ4v) is 3.06. The number of rotatable bonds is 6. The Labute approximate surface area is 133 Å². The van der Waals surface area contributed by atoms with Crippen LogP contribution in [0.2, 0.25) is 0 Å². The van der Waals surface area contributed by atoms with Gasteiger partial charge in [-0.1, -0.05) is 26.7 Å². The molecule has 1 amide bonds. The molecule has 0 unspecified atom stereocenters. The third-order valence-corrected chi connectivity index (χ3v) is 4.17. The highest BCUT2D eigenvalue weighted by atomic mass is 16.2. The normalized spacial score (nSPS) is 18.2. The number of hydrogen-bond donors (Lipinski definition) is 1. The molecule has 1 atom stereocenters. The van der Waals surface area contributed by atoms with Crippen LogP contribution in [0.5, 0.6) is 0 Å². The summed E-state index contributed by atoms with van der Waals surface area (Å²) in [6, 6.07) is -0.0630. The smallest absolute Gasteiger partial charge is 0.234 e. The maximum Gasteiger partial charge on any atom is 0.234 e. The molecule has 0 bridgehead atoms. The van der Waals surface area contributed by atoms with E-state index in [-0.39, 0.29) is 11.9 Å². The van der Waals surface area contributed by atoms with E-state index in [0.717, 1.165) is 25.3 Å². The van der Waals surface area contributed by atoms with E-state index < -0.39 is 0 Å². The van der Waals surface area contributed by atoms with Gasteiger partial charge in [0.2, 0.25) is 5.91 Å². The van der Waals surface area contributed by atoms with E-state index in [2.05, 4.69) is 34.1 Å². The van der Waals surface area contributed by atoms with Crippen LogP contribution >= 0.6 is 0 Å². The van der Waals surface area contributed by atoms with Crippen molar-refractivity contribution in [3.05, 3.63) is 12.2 Å². The molecule has 2 heterocycles. The van der Waals surface area contributed by atoms with E-state index >= 15 is 0 Å². The summed E-state index contributed by atoms with van der Waals surface area (Å²) in [5.41, 5.74) is 0. The first-order valence-corrected chi connectivity index (χ1v) is 8.42. The lowest BCUT2D eigenvalue weighted by Crippen LogP contribution is -2.40. The molecular weight excluding hydrogens is 278 g/mol. The molecule has 1 fully saturated rings. The minimum absolute atomic E-state index is 0.0630. The van der Waals surface area contributed by atoms with Crippen LogP contribution in [0, 0.1) is 5.92 Å². The molecule has 1 aromatic rings. The number of nitrogens with one attached hydrogen (secondary N) is 1. The Hall–Kier alpha value is -1.43. The van der Waals surface area contributed by atoms with Gasteiger partial charge in [0.1, 0.15) is 12.2 Å². The van der Waals surface area contributed by atoms with Crippen LogP contribution in [0.4, 0.5) is 0 Å². The van der Waals surface area contributed by atoms with Gasteiger partial charge in [0.15, 0.2) is 0 Å². The number of nitrogens with zero attached hydrogens (tertiary/aromatic N) is 4. The quantitative estimate of drug-likeness (QED) is 0.872. The van der Waals surface area contributed by atoms with Gasteiger partial charge in [-0.25, -0.2) is 4.98 Å². The maximum absolute atomic E-state index is 12.4. The second-order valence-corrected chi connectivity index (χ2v) is 6.68. The summed E-state index contributed by atoms with van der Waals surface area (Å²) in [7, 11) is 1.87. The molecular formula is C16H29N5O. The van der Waals surface area contributed by atoms with Gasteiger partial charge >= 0.3 is 0 Å². The number of carbonyl (C=O) groups excluding carboxylic acids is 1. The Kier molecular flexibility index (Phi) is 6.36. The van der Waals surface area contributed by atoms with Gasteiger partial charge in [0.05, 0.1) is 12.6 Å². The zero-order chi connectivity index (χ0) is 15.9. The first kappa shape index (κ1) is 16.9. The molecule has 2 rings (SSSR count). The number of aryl methyl sites for hydroxylation is 1. The van der Waals surface area contributed by atoms with E-state index in [0.29, 0.717) is 12.5 Å². The SMILES string of the molecule is CC(C)C[C@H](NC(=O)CN1CCCCCC1)c1ncnn1C. The van der Waals surface area contributed by atoms with Crippen molar-refractivity contribution < 1.29 is 4.79 Å². The second-order valence-electron chi connectivity index (χ2n) is 6.68.